The van der Waals surface area contributed by atoms with E-state index in [1.165, 1.54) is 54.0 Å². The Bertz CT molecular complexity index is 770. The molecule has 0 saturated heterocycles. The highest BCUT2D eigenvalue weighted by Gasteiger charge is 2.16. The van der Waals surface area contributed by atoms with Gasteiger partial charge in [0.05, 0.1) is 5.69 Å². The van der Waals surface area contributed by atoms with Gasteiger partial charge in [-0.3, -0.25) is 4.98 Å². The van der Waals surface area contributed by atoms with E-state index in [4.69, 9.17) is 0 Å². The Kier molecular flexibility index (Phi) is 3.64. The minimum atomic E-state index is 0.738. The summed E-state index contributed by atoms with van der Waals surface area (Å²) in [4.78, 5) is 4.66. The van der Waals surface area contributed by atoms with Crippen molar-refractivity contribution in [2.75, 3.05) is 0 Å². The second-order valence-electron chi connectivity index (χ2n) is 6.34. The van der Waals surface area contributed by atoms with E-state index in [0.717, 1.165) is 11.6 Å². The molecule has 1 nitrogen and oxygen atoms in total. The zero-order valence-corrected chi connectivity index (χ0v) is 12.8. The number of nitrogens with zero attached hydrogens (tertiary/aromatic N) is 1. The molecular weight excluding hydrogens is 266 g/mol. The van der Waals surface area contributed by atoms with Gasteiger partial charge in [-0.25, -0.2) is 0 Å². The maximum Gasteiger partial charge on any atom is 0.0780 e. The first-order chi connectivity index (χ1) is 10.9. The summed E-state index contributed by atoms with van der Waals surface area (Å²) in [7, 11) is 0. The van der Waals surface area contributed by atoms with Gasteiger partial charge in [-0.15, -0.1) is 0 Å². The molecule has 1 saturated carbocycles. The third-order valence-electron chi connectivity index (χ3n) is 4.91. The van der Waals surface area contributed by atoms with Crippen LogP contribution >= 0.6 is 0 Å². The van der Waals surface area contributed by atoms with Crippen LogP contribution in [0.15, 0.2) is 60.8 Å². The van der Waals surface area contributed by atoms with Crippen molar-refractivity contribution in [2.24, 2.45) is 0 Å². The molecule has 0 spiro atoms. The molecule has 0 radical (unpaired) electrons. The lowest BCUT2D eigenvalue weighted by Crippen LogP contribution is -2.04. The quantitative estimate of drug-likeness (QED) is 0.567. The molecule has 1 heteroatoms. The first-order valence-electron chi connectivity index (χ1n) is 8.36. The summed E-state index contributed by atoms with van der Waals surface area (Å²) in [5, 5.41) is 2.57. The molecule has 2 aromatic carbocycles. The molecule has 0 aliphatic heterocycles. The van der Waals surface area contributed by atoms with Gasteiger partial charge in [-0.2, -0.15) is 0 Å². The van der Waals surface area contributed by atoms with E-state index < -0.39 is 0 Å². The van der Waals surface area contributed by atoms with Crippen LogP contribution in [-0.4, -0.2) is 4.98 Å². The number of benzene rings is 2. The molecule has 1 fully saturated rings. The van der Waals surface area contributed by atoms with Gasteiger partial charge >= 0.3 is 0 Å². The number of hydrogen-bond acceptors (Lipinski definition) is 1. The Hall–Kier alpha value is -2.15. The third kappa shape index (κ3) is 2.52. The molecule has 22 heavy (non-hydrogen) atoms. The maximum atomic E-state index is 4.66. The van der Waals surface area contributed by atoms with E-state index in [9.17, 15) is 0 Å². The summed E-state index contributed by atoms with van der Waals surface area (Å²) in [6.07, 6.45) is 8.76. The van der Waals surface area contributed by atoms with Crippen molar-refractivity contribution in [3.8, 4) is 11.3 Å². The molecule has 1 aliphatic rings. The first-order valence-corrected chi connectivity index (χ1v) is 8.36. The fourth-order valence-electron chi connectivity index (χ4n) is 3.70. The molecule has 3 aromatic rings. The third-order valence-corrected chi connectivity index (χ3v) is 4.91. The molecule has 4 rings (SSSR count). The lowest BCUT2D eigenvalue weighted by molar-refractivity contribution is 0.444. The lowest BCUT2D eigenvalue weighted by atomic mass is 9.83. The molecule has 1 aliphatic carbocycles. The van der Waals surface area contributed by atoms with Crippen molar-refractivity contribution >= 4 is 10.8 Å². The molecule has 1 heterocycles. The zero-order chi connectivity index (χ0) is 14.8. The molecule has 1 aromatic heterocycles. The molecule has 0 amide bonds. The number of aromatic nitrogens is 1. The Morgan fingerprint density at radius 3 is 2.45 bits per heavy atom. The van der Waals surface area contributed by atoms with E-state index in [0.29, 0.717) is 0 Å². The van der Waals surface area contributed by atoms with Crippen LogP contribution in [0.1, 0.15) is 43.6 Å². The van der Waals surface area contributed by atoms with Gasteiger partial charge in [-0.1, -0.05) is 61.7 Å². The standard InChI is InChI=1S/C21H21N/c1-3-7-16(8-4-1)19-12-11-17-13-14-22-21(20(17)15-19)18-9-5-2-6-10-18/h2,5-6,9-16H,1,3-4,7-8H2. The van der Waals surface area contributed by atoms with Gasteiger partial charge in [0.2, 0.25) is 0 Å². The normalized spacial score (nSPS) is 16.0. The fourth-order valence-corrected chi connectivity index (χ4v) is 3.70. The van der Waals surface area contributed by atoms with Crippen molar-refractivity contribution in [1.82, 2.24) is 4.98 Å². The van der Waals surface area contributed by atoms with Crippen LogP contribution in [0.25, 0.3) is 22.0 Å². The molecule has 0 N–H and O–H groups in total. The van der Waals surface area contributed by atoms with Gasteiger partial charge in [0, 0.05) is 17.1 Å². The molecule has 110 valence electrons. The second kappa shape index (κ2) is 5.92. The highest BCUT2D eigenvalue weighted by molar-refractivity contribution is 5.94. The summed E-state index contributed by atoms with van der Waals surface area (Å²) < 4.78 is 0. The van der Waals surface area contributed by atoms with Gasteiger partial charge in [-0.05, 0) is 41.8 Å². The summed E-state index contributed by atoms with van der Waals surface area (Å²) in [5.74, 6) is 0.738. The minimum absolute atomic E-state index is 0.738. The van der Waals surface area contributed by atoms with Crippen molar-refractivity contribution < 1.29 is 0 Å². The zero-order valence-electron chi connectivity index (χ0n) is 12.8. The summed E-state index contributed by atoms with van der Waals surface area (Å²) in [6, 6.07) is 19.6. The van der Waals surface area contributed by atoms with Gasteiger partial charge in [0.15, 0.2) is 0 Å². The first kappa shape index (κ1) is 13.5. The predicted octanol–water partition coefficient (Wildman–Crippen LogP) is 5.95. The van der Waals surface area contributed by atoms with E-state index >= 15 is 0 Å². The average Bonchev–Trinajstić information content (AvgIpc) is 2.62. The van der Waals surface area contributed by atoms with E-state index in [1.54, 1.807) is 0 Å². The largest absolute Gasteiger partial charge is 0.256 e. The number of fused-ring (bicyclic) bond motifs is 1. The van der Waals surface area contributed by atoms with Crippen molar-refractivity contribution in [1.29, 1.82) is 0 Å². The van der Waals surface area contributed by atoms with Crippen LogP contribution in [0, 0.1) is 0 Å². The minimum Gasteiger partial charge on any atom is -0.256 e. The maximum absolute atomic E-state index is 4.66. The van der Waals surface area contributed by atoms with Crippen LogP contribution in [0.3, 0.4) is 0 Å². The van der Waals surface area contributed by atoms with Crippen molar-refractivity contribution in [3.63, 3.8) is 0 Å². The number of rotatable bonds is 2. The SMILES string of the molecule is c1ccc(-c2nccc3ccc(C4CCCCC4)cc23)cc1. The van der Waals surface area contributed by atoms with Crippen LogP contribution in [-0.2, 0) is 0 Å². The molecule has 0 unspecified atom stereocenters. The predicted molar refractivity (Wildman–Crippen MR) is 93.0 cm³/mol. The van der Waals surface area contributed by atoms with E-state index in [1.807, 2.05) is 6.20 Å². The van der Waals surface area contributed by atoms with Crippen LogP contribution in [0.4, 0.5) is 0 Å². The van der Waals surface area contributed by atoms with Crippen LogP contribution in [0.2, 0.25) is 0 Å². The van der Waals surface area contributed by atoms with Crippen LogP contribution in [0.5, 0.6) is 0 Å². The Labute approximate surface area is 132 Å². The Morgan fingerprint density at radius 1 is 0.818 bits per heavy atom. The van der Waals surface area contributed by atoms with E-state index in [-0.39, 0.29) is 0 Å². The fraction of sp³-hybridized carbons (Fsp3) is 0.286. The summed E-state index contributed by atoms with van der Waals surface area (Å²) in [6.45, 7) is 0. The Balaban J connectivity index is 1.83. The highest BCUT2D eigenvalue weighted by atomic mass is 14.7. The average molecular weight is 287 g/mol. The monoisotopic (exact) mass is 287 g/mol. The summed E-state index contributed by atoms with van der Waals surface area (Å²) in [5.41, 5.74) is 3.81. The van der Waals surface area contributed by atoms with Gasteiger partial charge in [0.1, 0.15) is 0 Å². The molecule has 0 bridgehead atoms. The van der Waals surface area contributed by atoms with Crippen molar-refractivity contribution in [3.05, 3.63) is 66.4 Å². The summed E-state index contributed by atoms with van der Waals surface area (Å²) >= 11 is 0. The molecule has 0 atom stereocenters. The Morgan fingerprint density at radius 2 is 1.64 bits per heavy atom. The topological polar surface area (TPSA) is 12.9 Å². The second-order valence-corrected chi connectivity index (χ2v) is 6.34. The number of pyridine rings is 1. The van der Waals surface area contributed by atoms with Crippen molar-refractivity contribution in [2.45, 2.75) is 38.0 Å². The van der Waals surface area contributed by atoms with Crippen LogP contribution < -0.4 is 0 Å². The van der Waals surface area contributed by atoms with E-state index in [2.05, 4.69) is 59.6 Å². The number of hydrogen-bond donors (Lipinski definition) is 0. The smallest absolute Gasteiger partial charge is 0.0780 e. The lowest BCUT2D eigenvalue weighted by Gasteiger charge is -2.22. The molecular formula is C21H21N. The highest BCUT2D eigenvalue weighted by Crippen LogP contribution is 2.35. The van der Waals surface area contributed by atoms with Gasteiger partial charge < -0.3 is 0 Å². The van der Waals surface area contributed by atoms with Gasteiger partial charge in [0.25, 0.3) is 0 Å².